The molecule has 1 aliphatic heterocycles. The van der Waals surface area contributed by atoms with E-state index in [1.807, 2.05) is 55.5 Å². The van der Waals surface area contributed by atoms with E-state index in [-0.39, 0.29) is 11.9 Å². The molecule has 2 aromatic carbocycles. The number of allylic oxidation sites excluding steroid dienone is 1. The van der Waals surface area contributed by atoms with Crippen LogP contribution in [0.4, 0.5) is 10.5 Å². The second kappa shape index (κ2) is 7.11. The van der Waals surface area contributed by atoms with Gasteiger partial charge in [-0.15, -0.1) is 0 Å². The van der Waals surface area contributed by atoms with E-state index < -0.39 is 6.04 Å². The van der Waals surface area contributed by atoms with Crippen molar-refractivity contribution in [3.05, 3.63) is 75.4 Å². The number of para-hydroxylation sites is 1. The van der Waals surface area contributed by atoms with Gasteiger partial charge in [0.15, 0.2) is 0 Å². The van der Waals surface area contributed by atoms with Gasteiger partial charge in [0.2, 0.25) is 0 Å². The Hall–Kier alpha value is -2.60. The highest BCUT2D eigenvalue weighted by molar-refractivity contribution is 9.10. The number of amides is 3. The van der Waals surface area contributed by atoms with Gasteiger partial charge in [0.1, 0.15) is 0 Å². The Morgan fingerprint density at radius 1 is 1.08 bits per heavy atom. The van der Waals surface area contributed by atoms with Gasteiger partial charge in [-0.1, -0.05) is 52.3 Å². The third-order valence-electron chi connectivity index (χ3n) is 4.12. The van der Waals surface area contributed by atoms with Crippen molar-refractivity contribution < 1.29 is 9.59 Å². The molecule has 128 valence electrons. The van der Waals surface area contributed by atoms with E-state index in [9.17, 15) is 9.59 Å². The largest absolute Gasteiger partial charge is 0.327 e. The molecule has 3 N–H and O–H groups in total. The van der Waals surface area contributed by atoms with Gasteiger partial charge in [0.05, 0.1) is 11.6 Å². The van der Waals surface area contributed by atoms with E-state index >= 15 is 0 Å². The van der Waals surface area contributed by atoms with Crippen LogP contribution in [0.1, 0.15) is 24.1 Å². The summed E-state index contributed by atoms with van der Waals surface area (Å²) in [5.41, 5.74) is 3.56. The van der Waals surface area contributed by atoms with Crippen LogP contribution in [0.25, 0.3) is 0 Å². The quantitative estimate of drug-likeness (QED) is 0.728. The normalized spacial score (nSPS) is 16.9. The highest BCUT2D eigenvalue weighted by Crippen LogP contribution is 2.32. The molecule has 0 spiro atoms. The lowest BCUT2D eigenvalue weighted by Gasteiger charge is -2.29. The lowest BCUT2D eigenvalue weighted by molar-refractivity contribution is -0.113. The fourth-order valence-corrected chi connectivity index (χ4v) is 3.35. The summed E-state index contributed by atoms with van der Waals surface area (Å²) in [4.78, 5) is 24.9. The molecule has 0 aromatic heterocycles. The summed E-state index contributed by atoms with van der Waals surface area (Å²) in [6.45, 7) is 3.67. The summed E-state index contributed by atoms with van der Waals surface area (Å²) < 4.78 is 0.830. The molecule has 0 bridgehead atoms. The van der Waals surface area contributed by atoms with Crippen LogP contribution in [0.2, 0.25) is 0 Å². The Morgan fingerprint density at radius 3 is 2.48 bits per heavy atom. The number of benzene rings is 2. The molecule has 2 aromatic rings. The van der Waals surface area contributed by atoms with Gasteiger partial charge in [-0.25, -0.2) is 4.79 Å². The Kier molecular flexibility index (Phi) is 4.90. The summed E-state index contributed by atoms with van der Waals surface area (Å²) in [7, 11) is 0. The summed E-state index contributed by atoms with van der Waals surface area (Å²) in [6, 6.07) is 14.2. The summed E-state index contributed by atoms with van der Waals surface area (Å²) >= 11 is 3.50. The zero-order valence-corrected chi connectivity index (χ0v) is 15.5. The van der Waals surface area contributed by atoms with Crippen LogP contribution in [0.5, 0.6) is 0 Å². The van der Waals surface area contributed by atoms with Crippen molar-refractivity contribution >= 4 is 33.6 Å². The topological polar surface area (TPSA) is 70.2 Å². The maximum Gasteiger partial charge on any atom is 0.319 e. The number of hydrogen-bond donors (Lipinski definition) is 3. The molecule has 0 saturated carbocycles. The van der Waals surface area contributed by atoms with E-state index in [0.29, 0.717) is 11.3 Å². The molecule has 1 heterocycles. The zero-order chi connectivity index (χ0) is 18.0. The molecule has 0 fully saturated rings. The average molecular weight is 400 g/mol. The highest BCUT2D eigenvalue weighted by Gasteiger charge is 2.32. The zero-order valence-electron chi connectivity index (χ0n) is 13.9. The molecule has 0 aliphatic carbocycles. The number of halogens is 1. The third kappa shape index (κ3) is 3.58. The first kappa shape index (κ1) is 17.2. The van der Waals surface area contributed by atoms with Crippen LogP contribution in [0, 0.1) is 6.92 Å². The van der Waals surface area contributed by atoms with E-state index in [2.05, 4.69) is 31.9 Å². The Balaban J connectivity index is 1.99. The molecule has 6 heteroatoms. The molecule has 1 atom stereocenters. The highest BCUT2D eigenvalue weighted by atomic mass is 79.9. The molecular weight excluding hydrogens is 382 g/mol. The van der Waals surface area contributed by atoms with Crippen LogP contribution < -0.4 is 16.0 Å². The number of urea groups is 1. The standard InChI is InChI=1S/C19H18BrN3O2/c1-11-7-3-6-10-15(11)22-18(24)16-12(2)21-19(25)23-17(16)13-8-4-5-9-14(13)20/h3-10,17H,1-2H3,(H,22,24)(H2,21,23,25)/t17-/m1/s1. The number of anilines is 1. The summed E-state index contributed by atoms with van der Waals surface area (Å²) in [6.07, 6.45) is 0. The van der Waals surface area contributed by atoms with Gasteiger partial charge in [-0.2, -0.15) is 0 Å². The van der Waals surface area contributed by atoms with Crippen molar-refractivity contribution in [3.63, 3.8) is 0 Å². The number of nitrogens with one attached hydrogen (secondary N) is 3. The van der Waals surface area contributed by atoms with Gasteiger partial charge in [0.25, 0.3) is 5.91 Å². The van der Waals surface area contributed by atoms with Crippen LogP contribution in [0.3, 0.4) is 0 Å². The molecule has 1 aliphatic rings. The molecular formula is C19H18BrN3O2. The van der Waals surface area contributed by atoms with Gasteiger partial charge in [-0.3, -0.25) is 4.79 Å². The summed E-state index contributed by atoms with van der Waals surface area (Å²) in [5.74, 6) is -0.250. The molecule has 0 unspecified atom stereocenters. The molecule has 0 saturated heterocycles. The number of carbonyl (C=O) groups excluding carboxylic acids is 2. The fourth-order valence-electron chi connectivity index (χ4n) is 2.84. The van der Waals surface area contributed by atoms with Crippen LogP contribution in [-0.4, -0.2) is 11.9 Å². The Labute approximate surface area is 154 Å². The molecule has 5 nitrogen and oxygen atoms in total. The van der Waals surface area contributed by atoms with Crippen LogP contribution in [0.15, 0.2) is 64.3 Å². The fraction of sp³-hybridized carbons (Fsp3) is 0.158. The van der Waals surface area contributed by atoms with Crippen molar-refractivity contribution in [2.45, 2.75) is 19.9 Å². The van der Waals surface area contributed by atoms with Crippen molar-refractivity contribution in [1.82, 2.24) is 10.6 Å². The monoisotopic (exact) mass is 399 g/mol. The second-order valence-corrected chi connectivity index (χ2v) is 6.72. The third-order valence-corrected chi connectivity index (χ3v) is 4.85. The van der Waals surface area contributed by atoms with Crippen LogP contribution >= 0.6 is 15.9 Å². The van der Waals surface area contributed by atoms with Gasteiger partial charge in [-0.05, 0) is 37.1 Å². The first-order chi connectivity index (χ1) is 12.0. The number of rotatable bonds is 3. The molecule has 25 heavy (non-hydrogen) atoms. The minimum atomic E-state index is -0.534. The maximum atomic E-state index is 13.0. The van der Waals surface area contributed by atoms with Crippen molar-refractivity contribution in [2.75, 3.05) is 5.32 Å². The van der Waals surface area contributed by atoms with Crippen molar-refractivity contribution in [3.8, 4) is 0 Å². The molecule has 3 amide bonds. The molecule has 0 radical (unpaired) electrons. The first-order valence-corrected chi connectivity index (χ1v) is 8.66. The lowest BCUT2D eigenvalue weighted by atomic mass is 9.94. The number of aryl methyl sites for hydroxylation is 1. The van der Waals surface area contributed by atoms with Crippen molar-refractivity contribution in [1.29, 1.82) is 0 Å². The number of carbonyl (C=O) groups is 2. The van der Waals surface area contributed by atoms with E-state index in [0.717, 1.165) is 21.3 Å². The van der Waals surface area contributed by atoms with Crippen LogP contribution in [-0.2, 0) is 4.79 Å². The van der Waals surface area contributed by atoms with Crippen molar-refractivity contribution in [2.24, 2.45) is 0 Å². The Morgan fingerprint density at radius 2 is 1.76 bits per heavy atom. The van der Waals surface area contributed by atoms with Gasteiger partial charge < -0.3 is 16.0 Å². The van der Waals surface area contributed by atoms with E-state index in [4.69, 9.17) is 0 Å². The second-order valence-electron chi connectivity index (χ2n) is 5.86. The van der Waals surface area contributed by atoms with E-state index in [1.54, 1.807) is 6.92 Å². The predicted molar refractivity (Wildman–Crippen MR) is 101 cm³/mol. The predicted octanol–water partition coefficient (Wildman–Crippen LogP) is 4.02. The average Bonchev–Trinajstić information content (AvgIpc) is 2.56. The lowest BCUT2D eigenvalue weighted by Crippen LogP contribution is -2.46. The smallest absolute Gasteiger partial charge is 0.319 e. The minimum Gasteiger partial charge on any atom is -0.327 e. The van der Waals surface area contributed by atoms with Gasteiger partial charge in [0, 0.05) is 15.9 Å². The Bertz CT molecular complexity index is 876. The SMILES string of the molecule is CC1=C(C(=O)Nc2ccccc2C)[C@@H](c2ccccc2Br)NC(=O)N1. The molecule has 3 rings (SSSR count). The first-order valence-electron chi connectivity index (χ1n) is 7.87. The summed E-state index contributed by atoms with van der Waals surface area (Å²) in [5, 5.41) is 8.46. The van der Waals surface area contributed by atoms with Gasteiger partial charge >= 0.3 is 6.03 Å². The van der Waals surface area contributed by atoms with E-state index in [1.165, 1.54) is 0 Å². The minimum absolute atomic E-state index is 0.250. The number of hydrogen-bond acceptors (Lipinski definition) is 2. The maximum absolute atomic E-state index is 13.0.